The highest BCUT2D eigenvalue weighted by Gasteiger charge is 2.18. The molecule has 37 heavy (non-hydrogen) atoms. The van der Waals surface area contributed by atoms with Crippen LogP contribution in [0.5, 0.6) is 5.75 Å². The maximum Gasteiger partial charge on any atom is 0.184 e. The Bertz CT molecular complexity index is 1370. The molecule has 0 atom stereocenters. The van der Waals surface area contributed by atoms with Crippen molar-refractivity contribution in [2.45, 2.75) is 19.8 Å². The molecule has 3 heterocycles. The Morgan fingerprint density at radius 3 is 2.54 bits per heavy atom. The minimum Gasteiger partial charge on any atom is -0.494 e. The molecule has 0 amide bonds. The fraction of sp³-hybridized carbons (Fsp3) is 0.308. The van der Waals surface area contributed by atoms with Gasteiger partial charge in [-0.25, -0.2) is 9.97 Å². The van der Waals surface area contributed by atoms with Gasteiger partial charge in [0, 0.05) is 38.7 Å². The number of pyridine rings is 1. The van der Waals surface area contributed by atoms with Gasteiger partial charge in [0.25, 0.3) is 0 Å². The number of carbonyl (C=O) groups excluding carboxylic acids is 1. The second-order valence-corrected chi connectivity index (χ2v) is 8.73. The summed E-state index contributed by atoms with van der Waals surface area (Å²) < 4.78 is 7.35. The number of nitrogens with one attached hydrogen (secondary N) is 2. The number of benzene rings is 1. The molecule has 0 saturated carbocycles. The summed E-state index contributed by atoms with van der Waals surface area (Å²) in [5, 5.41) is 19.5. The van der Waals surface area contributed by atoms with Crippen molar-refractivity contribution in [3.63, 3.8) is 0 Å². The van der Waals surface area contributed by atoms with Crippen LogP contribution in [-0.4, -0.2) is 68.4 Å². The summed E-state index contributed by atoms with van der Waals surface area (Å²) in [4.78, 5) is 23.6. The van der Waals surface area contributed by atoms with Crippen LogP contribution in [0, 0.1) is 0 Å². The lowest BCUT2D eigenvalue weighted by Gasteiger charge is -2.17. The molecule has 0 aliphatic rings. The highest BCUT2D eigenvalue weighted by atomic mass is 16.5. The van der Waals surface area contributed by atoms with E-state index in [-0.39, 0.29) is 5.78 Å². The van der Waals surface area contributed by atoms with E-state index in [1.807, 2.05) is 51.4 Å². The summed E-state index contributed by atoms with van der Waals surface area (Å²) >= 11 is 0. The second-order valence-electron chi connectivity index (χ2n) is 8.73. The summed E-state index contributed by atoms with van der Waals surface area (Å²) in [6, 6.07) is 11.2. The largest absolute Gasteiger partial charge is 0.494 e. The Kier molecular flexibility index (Phi) is 8.04. The number of para-hydroxylation sites is 1. The Morgan fingerprint density at radius 1 is 1.05 bits per heavy atom. The molecule has 192 valence electrons. The van der Waals surface area contributed by atoms with Crippen LogP contribution in [-0.2, 0) is 13.5 Å². The van der Waals surface area contributed by atoms with Crippen LogP contribution in [0.1, 0.15) is 29.4 Å². The smallest absolute Gasteiger partial charge is 0.184 e. The van der Waals surface area contributed by atoms with Gasteiger partial charge in [-0.3, -0.25) is 9.48 Å². The minimum absolute atomic E-state index is 0.0342. The van der Waals surface area contributed by atoms with Crippen LogP contribution in [0.25, 0.3) is 11.4 Å². The van der Waals surface area contributed by atoms with E-state index in [4.69, 9.17) is 4.74 Å². The topological polar surface area (TPSA) is 123 Å². The van der Waals surface area contributed by atoms with Crippen molar-refractivity contribution in [1.29, 1.82) is 0 Å². The summed E-state index contributed by atoms with van der Waals surface area (Å²) in [6.45, 7) is 2.71. The Hall–Kier alpha value is -4.38. The lowest BCUT2D eigenvalue weighted by molar-refractivity contribution is 0.0988. The first-order chi connectivity index (χ1) is 17.9. The minimum atomic E-state index is -0.0342. The van der Waals surface area contributed by atoms with E-state index in [9.17, 15) is 4.79 Å². The molecule has 0 saturated heterocycles. The third-order valence-corrected chi connectivity index (χ3v) is 5.65. The number of nitrogens with zero attached hydrogens (tertiary/aromatic N) is 7. The van der Waals surface area contributed by atoms with Gasteiger partial charge < -0.3 is 20.3 Å². The monoisotopic (exact) mass is 501 g/mol. The van der Waals surface area contributed by atoms with Gasteiger partial charge in [0.15, 0.2) is 23.2 Å². The number of likely N-dealkylation sites (N-methyl/N-ethyl adjacent to an activating group) is 1. The summed E-state index contributed by atoms with van der Waals surface area (Å²) in [7, 11) is 7.44. The number of carbonyl (C=O) groups is 1. The maximum absolute atomic E-state index is 12.7. The van der Waals surface area contributed by atoms with Gasteiger partial charge in [-0.1, -0.05) is 13.0 Å². The number of ether oxygens (including phenoxy) is 1. The molecule has 4 aromatic rings. The molecular weight excluding hydrogens is 470 g/mol. The van der Waals surface area contributed by atoms with Crippen LogP contribution >= 0.6 is 0 Å². The predicted molar refractivity (Wildman–Crippen MR) is 143 cm³/mol. The molecule has 0 spiro atoms. The number of aromatic nitrogens is 6. The standard InChI is InChI=1S/C26H31N9O2/c1-6-22(36)19-15-27-24(30-23-11-10-17(31-32-23)12-13-34(2)3)14-21(19)29-20-9-7-8-18(25(20)37-5)26-28-16-35(4)33-26/h7-11,14-16H,6,12-13H2,1-5H3,(H2,27,29,30,32). The van der Waals surface area contributed by atoms with Crippen molar-refractivity contribution >= 4 is 28.8 Å². The average molecular weight is 502 g/mol. The van der Waals surface area contributed by atoms with Crippen LogP contribution in [0.4, 0.5) is 23.0 Å². The van der Waals surface area contributed by atoms with E-state index in [0.717, 1.165) is 24.2 Å². The molecule has 2 N–H and O–H groups in total. The normalized spacial score (nSPS) is 11.0. The second kappa shape index (κ2) is 11.6. The first-order valence-corrected chi connectivity index (χ1v) is 12.0. The quantitative estimate of drug-likeness (QED) is 0.293. The Balaban J connectivity index is 1.63. The van der Waals surface area contributed by atoms with E-state index in [2.05, 4.69) is 40.8 Å². The van der Waals surface area contributed by atoms with Crippen LogP contribution in [0.15, 0.2) is 48.9 Å². The van der Waals surface area contributed by atoms with E-state index >= 15 is 0 Å². The van der Waals surface area contributed by atoms with Crippen molar-refractivity contribution in [2.24, 2.45) is 7.05 Å². The highest BCUT2D eigenvalue weighted by molar-refractivity contribution is 6.02. The summed E-state index contributed by atoms with van der Waals surface area (Å²) in [5.41, 5.74) is 3.37. The number of methoxy groups -OCH3 is 1. The van der Waals surface area contributed by atoms with Gasteiger partial charge in [-0.05, 0) is 38.4 Å². The van der Waals surface area contributed by atoms with Crippen LogP contribution < -0.4 is 15.4 Å². The number of ketones is 1. The molecule has 0 unspecified atom stereocenters. The lowest BCUT2D eigenvalue weighted by Crippen LogP contribution is -2.15. The molecular formula is C26H31N9O2. The molecule has 11 nitrogen and oxygen atoms in total. The van der Waals surface area contributed by atoms with Crippen LogP contribution in [0.3, 0.4) is 0 Å². The molecule has 0 aliphatic carbocycles. The fourth-order valence-corrected chi connectivity index (χ4v) is 3.71. The molecule has 3 aromatic heterocycles. The highest BCUT2D eigenvalue weighted by Crippen LogP contribution is 2.37. The number of hydrogen-bond acceptors (Lipinski definition) is 10. The van der Waals surface area contributed by atoms with E-state index in [0.29, 0.717) is 46.6 Å². The van der Waals surface area contributed by atoms with Gasteiger partial charge in [0.1, 0.15) is 12.1 Å². The predicted octanol–water partition coefficient (Wildman–Crippen LogP) is 3.86. The van der Waals surface area contributed by atoms with E-state index in [1.54, 1.807) is 37.4 Å². The van der Waals surface area contributed by atoms with Gasteiger partial charge in [0.05, 0.1) is 35.3 Å². The fourth-order valence-electron chi connectivity index (χ4n) is 3.71. The van der Waals surface area contributed by atoms with Crippen LogP contribution in [0.2, 0.25) is 0 Å². The summed E-state index contributed by atoms with van der Waals surface area (Å²) in [6.07, 6.45) is 4.35. The first-order valence-electron chi connectivity index (χ1n) is 12.0. The SMILES string of the molecule is CCC(=O)c1cnc(Nc2ccc(CCN(C)C)nn2)cc1Nc1cccc(-c2ncn(C)n2)c1OC. The third kappa shape index (κ3) is 6.25. The molecule has 0 radical (unpaired) electrons. The first kappa shape index (κ1) is 25.7. The molecule has 4 rings (SSSR count). The molecule has 1 aromatic carbocycles. The number of hydrogen-bond donors (Lipinski definition) is 2. The zero-order valence-electron chi connectivity index (χ0n) is 21.7. The number of anilines is 4. The Morgan fingerprint density at radius 2 is 1.89 bits per heavy atom. The molecule has 0 bridgehead atoms. The zero-order valence-corrected chi connectivity index (χ0v) is 21.7. The molecule has 11 heteroatoms. The number of Topliss-reactive ketones (excluding diaryl/α,β-unsaturated/α-hetero) is 1. The van der Waals surface area contributed by atoms with Gasteiger partial charge in [0.2, 0.25) is 0 Å². The van der Waals surface area contributed by atoms with Crippen molar-refractivity contribution in [3.05, 3.63) is 60.2 Å². The van der Waals surface area contributed by atoms with Gasteiger partial charge in [-0.2, -0.15) is 10.2 Å². The van der Waals surface area contributed by atoms with Crippen molar-refractivity contribution in [3.8, 4) is 17.1 Å². The van der Waals surface area contributed by atoms with Crippen molar-refractivity contribution in [2.75, 3.05) is 38.4 Å². The number of rotatable bonds is 11. The molecule has 0 fully saturated rings. The van der Waals surface area contributed by atoms with E-state index in [1.165, 1.54) is 0 Å². The molecule has 0 aliphatic heterocycles. The van der Waals surface area contributed by atoms with Gasteiger partial charge >= 0.3 is 0 Å². The zero-order chi connectivity index (χ0) is 26.4. The number of aryl methyl sites for hydroxylation is 1. The van der Waals surface area contributed by atoms with Gasteiger partial charge in [-0.15, -0.1) is 5.10 Å². The Labute approximate surface area is 215 Å². The maximum atomic E-state index is 12.7. The average Bonchev–Trinajstić information content (AvgIpc) is 3.34. The third-order valence-electron chi connectivity index (χ3n) is 5.65. The lowest BCUT2D eigenvalue weighted by atomic mass is 10.1. The van der Waals surface area contributed by atoms with Crippen molar-refractivity contribution < 1.29 is 9.53 Å². The summed E-state index contributed by atoms with van der Waals surface area (Å²) in [5.74, 6) is 2.15. The van der Waals surface area contributed by atoms with E-state index < -0.39 is 0 Å². The van der Waals surface area contributed by atoms with Crippen molar-refractivity contribution in [1.82, 2.24) is 34.8 Å².